The number of benzene rings is 2. The summed E-state index contributed by atoms with van der Waals surface area (Å²) in [6.45, 7) is 6.19. The highest BCUT2D eigenvalue weighted by Crippen LogP contribution is 2.38. The van der Waals surface area contributed by atoms with Crippen LogP contribution in [0.4, 0.5) is 5.13 Å². The molecule has 0 amide bonds. The van der Waals surface area contributed by atoms with Crippen LogP contribution in [-0.4, -0.2) is 10.1 Å². The fraction of sp³-hybridized carbons (Fsp3) is 0.188. The third-order valence-corrected chi connectivity index (χ3v) is 4.70. The van der Waals surface area contributed by atoms with Gasteiger partial charge in [-0.15, -0.1) is 0 Å². The molecule has 102 valence electrons. The number of phenolic OH excluding ortho intramolecular Hbond substituents is 1. The van der Waals surface area contributed by atoms with Crippen LogP contribution in [0, 0.1) is 20.8 Å². The van der Waals surface area contributed by atoms with Crippen molar-refractivity contribution in [2.45, 2.75) is 20.8 Å². The number of fused-ring (bicyclic) bond motifs is 1. The van der Waals surface area contributed by atoms with Crippen molar-refractivity contribution in [2.75, 3.05) is 5.73 Å². The molecule has 4 heteroatoms. The molecule has 0 unspecified atom stereocenters. The molecule has 3 rings (SSSR count). The topological polar surface area (TPSA) is 59.1 Å². The lowest BCUT2D eigenvalue weighted by Gasteiger charge is -2.10. The Morgan fingerprint density at radius 3 is 2.50 bits per heavy atom. The second-order valence-electron chi connectivity index (χ2n) is 5.10. The van der Waals surface area contributed by atoms with Crippen LogP contribution in [0.3, 0.4) is 0 Å². The van der Waals surface area contributed by atoms with Crippen molar-refractivity contribution in [1.82, 2.24) is 4.98 Å². The Balaban J connectivity index is 2.38. The van der Waals surface area contributed by atoms with Gasteiger partial charge in [0.25, 0.3) is 0 Å². The molecule has 3 aromatic rings. The first-order valence-electron chi connectivity index (χ1n) is 6.43. The van der Waals surface area contributed by atoms with Gasteiger partial charge in [-0.2, -0.15) is 0 Å². The zero-order chi connectivity index (χ0) is 14.4. The number of nitrogens with zero attached hydrogens (tertiary/aromatic N) is 1. The SMILES string of the molecule is Cc1cc(O)ccc1-c1cc(C)c(C)c2sc(N)nc12. The number of aromatic nitrogens is 1. The summed E-state index contributed by atoms with van der Waals surface area (Å²) in [5.41, 5.74) is 12.5. The van der Waals surface area contributed by atoms with E-state index >= 15 is 0 Å². The van der Waals surface area contributed by atoms with Crippen molar-refractivity contribution < 1.29 is 5.11 Å². The van der Waals surface area contributed by atoms with Gasteiger partial charge in [0.15, 0.2) is 5.13 Å². The van der Waals surface area contributed by atoms with Crippen molar-refractivity contribution in [1.29, 1.82) is 0 Å². The lowest BCUT2D eigenvalue weighted by atomic mass is 9.96. The summed E-state index contributed by atoms with van der Waals surface area (Å²) in [7, 11) is 0. The molecule has 3 nitrogen and oxygen atoms in total. The Labute approximate surface area is 121 Å². The molecule has 0 fully saturated rings. The van der Waals surface area contributed by atoms with E-state index in [1.807, 2.05) is 13.0 Å². The first kappa shape index (κ1) is 12.9. The second kappa shape index (κ2) is 4.49. The number of aromatic hydroxyl groups is 1. The Morgan fingerprint density at radius 1 is 1.05 bits per heavy atom. The first-order valence-corrected chi connectivity index (χ1v) is 7.25. The van der Waals surface area contributed by atoms with Crippen LogP contribution >= 0.6 is 11.3 Å². The number of hydrogen-bond acceptors (Lipinski definition) is 4. The molecule has 3 N–H and O–H groups in total. The van der Waals surface area contributed by atoms with Gasteiger partial charge in [0, 0.05) is 5.56 Å². The van der Waals surface area contributed by atoms with Gasteiger partial charge in [0.1, 0.15) is 5.75 Å². The lowest BCUT2D eigenvalue weighted by molar-refractivity contribution is 0.475. The zero-order valence-electron chi connectivity index (χ0n) is 11.7. The van der Waals surface area contributed by atoms with Gasteiger partial charge in [-0.1, -0.05) is 17.4 Å². The largest absolute Gasteiger partial charge is 0.508 e. The number of aryl methyl sites for hydroxylation is 3. The molecular weight excluding hydrogens is 268 g/mol. The average Bonchev–Trinajstić information content (AvgIpc) is 2.77. The Bertz CT molecular complexity index is 821. The van der Waals surface area contributed by atoms with E-state index in [2.05, 4.69) is 24.9 Å². The van der Waals surface area contributed by atoms with Crippen LogP contribution in [0.25, 0.3) is 21.3 Å². The van der Waals surface area contributed by atoms with Crippen molar-refractivity contribution >= 4 is 26.7 Å². The van der Waals surface area contributed by atoms with Crippen LogP contribution in [0.5, 0.6) is 5.75 Å². The Morgan fingerprint density at radius 2 is 1.80 bits per heavy atom. The molecule has 0 aliphatic heterocycles. The molecule has 0 saturated carbocycles. The predicted molar refractivity (Wildman–Crippen MR) is 85.3 cm³/mol. The summed E-state index contributed by atoms with van der Waals surface area (Å²) in [4.78, 5) is 4.49. The van der Waals surface area contributed by atoms with E-state index in [1.165, 1.54) is 22.5 Å². The van der Waals surface area contributed by atoms with Crippen molar-refractivity contribution in [2.24, 2.45) is 0 Å². The van der Waals surface area contributed by atoms with E-state index in [1.54, 1.807) is 12.1 Å². The van der Waals surface area contributed by atoms with Crippen LogP contribution in [-0.2, 0) is 0 Å². The number of hydrogen-bond donors (Lipinski definition) is 2. The summed E-state index contributed by atoms with van der Waals surface area (Å²) in [6, 6.07) is 7.56. The minimum Gasteiger partial charge on any atom is -0.508 e. The van der Waals surface area contributed by atoms with Crippen LogP contribution in [0.1, 0.15) is 16.7 Å². The lowest BCUT2D eigenvalue weighted by Crippen LogP contribution is -1.90. The minimum absolute atomic E-state index is 0.282. The standard InChI is InChI=1S/C16H16N2OS/c1-8-7-13(12-5-4-11(19)6-9(12)2)14-15(10(8)3)20-16(17)18-14/h4-7,19H,1-3H3,(H2,17,18). The molecule has 0 aliphatic carbocycles. The highest BCUT2D eigenvalue weighted by molar-refractivity contribution is 7.22. The molecule has 0 saturated heterocycles. The third kappa shape index (κ3) is 1.93. The van der Waals surface area contributed by atoms with Crippen LogP contribution in [0.15, 0.2) is 24.3 Å². The maximum absolute atomic E-state index is 9.57. The number of phenols is 1. The molecular formula is C16H16N2OS. The van der Waals surface area contributed by atoms with Crippen LogP contribution < -0.4 is 5.73 Å². The molecule has 0 spiro atoms. The van der Waals surface area contributed by atoms with Crippen molar-refractivity contribution in [3.05, 3.63) is 41.0 Å². The van der Waals surface area contributed by atoms with E-state index in [-0.39, 0.29) is 5.75 Å². The Kier molecular flexibility index (Phi) is 2.91. The van der Waals surface area contributed by atoms with Gasteiger partial charge in [-0.25, -0.2) is 4.98 Å². The second-order valence-corrected chi connectivity index (χ2v) is 6.13. The summed E-state index contributed by atoms with van der Waals surface area (Å²) < 4.78 is 1.14. The number of rotatable bonds is 1. The number of anilines is 1. The molecule has 1 heterocycles. The van der Waals surface area contributed by atoms with E-state index in [0.29, 0.717) is 5.13 Å². The average molecular weight is 284 g/mol. The monoisotopic (exact) mass is 284 g/mol. The number of nitrogens with two attached hydrogens (primary N) is 1. The maximum Gasteiger partial charge on any atom is 0.181 e. The highest BCUT2D eigenvalue weighted by atomic mass is 32.1. The van der Waals surface area contributed by atoms with E-state index in [4.69, 9.17) is 5.73 Å². The van der Waals surface area contributed by atoms with Gasteiger partial charge in [0.05, 0.1) is 10.2 Å². The third-order valence-electron chi connectivity index (χ3n) is 3.69. The predicted octanol–water partition coefficient (Wildman–Crippen LogP) is 4.18. The quantitative estimate of drug-likeness (QED) is 0.705. The smallest absolute Gasteiger partial charge is 0.181 e. The molecule has 0 aliphatic rings. The van der Waals surface area contributed by atoms with Gasteiger partial charge in [0.2, 0.25) is 0 Å². The summed E-state index contributed by atoms with van der Waals surface area (Å²) >= 11 is 1.53. The molecule has 2 aromatic carbocycles. The number of nitrogen functional groups attached to an aromatic ring is 1. The van der Waals surface area contributed by atoms with Crippen LogP contribution in [0.2, 0.25) is 0 Å². The maximum atomic E-state index is 9.57. The zero-order valence-corrected chi connectivity index (χ0v) is 12.5. The van der Waals surface area contributed by atoms with E-state index < -0.39 is 0 Å². The van der Waals surface area contributed by atoms with Crippen molar-refractivity contribution in [3.8, 4) is 16.9 Å². The molecule has 1 aromatic heterocycles. The summed E-state index contributed by atoms with van der Waals surface area (Å²) in [5, 5.41) is 10.2. The number of thiazole rings is 1. The summed E-state index contributed by atoms with van der Waals surface area (Å²) in [6.07, 6.45) is 0. The van der Waals surface area contributed by atoms with Gasteiger partial charge in [-0.05, 0) is 61.2 Å². The van der Waals surface area contributed by atoms with Gasteiger partial charge in [-0.3, -0.25) is 0 Å². The Hall–Kier alpha value is -2.07. The molecule has 0 atom stereocenters. The fourth-order valence-corrected chi connectivity index (χ4v) is 3.41. The molecule has 0 radical (unpaired) electrons. The molecule has 0 bridgehead atoms. The van der Waals surface area contributed by atoms with E-state index in [0.717, 1.165) is 26.9 Å². The minimum atomic E-state index is 0.282. The highest BCUT2D eigenvalue weighted by Gasteiger charge is 2.14. The van der Waals surface area contributed by atoms with Crippen molar-refractivity contribution in [3.63, 3.8) is 0 Å². The fourth-order valence-electron chi connectivity index (χ4n) is 2.50. The van der Waals surface area contributed by atoms with Gasteiger partial charge >= 0.3 is 0 Å². The first-order chi connectivity index (χ1) is 9.47. The molecule has 20 heavy (non-hydrogen) atoms. The van der Waals surface area contributed by atoms with E-state index in [9.17, 15) is 5.11 Å². The normalized spacial score (nSPS) is 11.2. The summed E-state index contributed by atoms with van der Waals surface area (Å²) in [5.74, 6) is 0.282. The van der Waals surface area contributed by atoms with Gasteiger partial charge < -0.3 is 10.8 Å².